The number of fused-ring (bicyclic) bond motifs is 2. The van der Waals surface area contributed by atoms with Gasteiger partial charge in [0.1, 0.15) is 11.2 Å². The minimum absolute atomic E-state index is 0.163. The third kappa shape index (κ3) is 3.88. The maximum atomic E-state index is 14.4. The minimum Gasteiger partial charge on any atom is -0.475 e. The highest BCUT2D eigenvalue weighted by molar-refractivity contribution is 6.02. The van der Waals surface area contributed by atoms with Gasteiger partial charge in [0.15, 0.2) is 0 Å². The highest BCUT2D eigenvalue weighted by Crippen LogP contribution is 2.44. The quantitative estimate of drug-likeness (QED) is 0.182. The van der Waals surface area contributed by atoms with Crippen molar-refractivity contribution in [2.24, 2.45) is 0 Å². The first-order valence-corrected chi connectivity index (χ1v) is 13.0. The minimum atomic E-state index is -1.16. The Morgan fingerprint density at radius 1 is 0.805 bits per heavy atom. The van der Waals surface area contributed by atoms with Gasteiger partial charge >= 0.3 is 5.97 Å². The fourth-order valence-electron chi connectivity index (χ4n) is 5.64. The lowest BCUT2D eigenvalue weighted by molar-refractivity contribution is 0.0685. The van der Waals surface area contributed by atoms with Crippen molar-refractivity contribution in [1.29, 1.82) is 0 Å². The van der Waals surface area contributed by atoms with Crippen molar-refractivity contribution < 1.29 is 14.3 Å². The van der Waals surface area contributed by atoms with Gasteiger partial charge in [-0.3, -0.25) is 0 Å². The summed E-state index contributed by atoms with van der Waals surface area (Å²) in [6, 6.07) is 37.0. The maximum Gasteiger partial charge on any atom is 0.371 e. The second kappa shape index (κ2) is 9.53. The topological polar surface area (TPSA) is 96.7 Å². The fourth-order valence-corrected chi connectivity index (χ4v) is 5.64. The Hall–Kier alpha value is -5.63. The zero-order valence-corrected chi connectivity index (χ0v) is 21.6. The van der Waals surface area contributed by atoms with E-state index in [1.165, 1.54) is 12.3 Å². The number of carboxylic acid groups (broad SMARTS) is 1. The van der Waals surface area contributed by atoms with Crippen molar-refractivity contribution in [2.45, 2.75) is 5.54 Å². The van der Waals surface area contributed by atoms with E-state index in [9.17, 15) is 14.3 Å². The number of carboxylic acids is 1. The Balaban J connectivity index is 1.68. The summed E-state index contributed by atoms with van der Waals surface area (Å²) in [7, 11) is 0. The van der Waals surface area contributed by atoms with E-state index in [-0.39, 0.29) is 5.82 Å². The first-order chi connectivity index (χ1) is 20.1. The van der Waals surface area contributed by atoms with Gasteiger partial charge in [-0.2, -0.15) is 9.49 Å². The van der Waals surface area contributed by atoms with Crippen LogP contribution in [0.4, 0.5) is 4.39 Å². The van der Waals surface area contributed by atoms with Crippen LogP contribution in [-0.2, 0) is 5.54 Å². The second-order valence-corrected chi connectivity index (χ2v) is 9.71. The van der Waals surface area contributed by atoms with Gasteiger partial charge in [-0.15, -0.1) is 0 Å². The van der Waals surface area contributed by atoms with E-state index >= 15 is 0 Å². The van der Waals surface area contributed by atoms with E-state index in [0.717, 1.165) is 16.7 Å². The standard InChI is InChI=1S/C33H22FN5O2/c34-29-18-21(16-17-35-29)30-25-19-26-27(37-31(36-26)32(40)41)20-28(25)39(38-30)33(22-10-4-1-5-11-22,23-12-6-2-7-13-23)24-14-8-3-9-15-24/h1-20H,(H,36,37)(H,40,41). The van der Waals surface area contributed by atoms with Crippen LogP contribution in [0, 0.1) is 5.95 Å². The van der Waals surface area contributed by atoms with E-state index in [0.29, 0.717) is 33.2 Å². The summed E-state index contributed by atoms with van der Waals surface area (Å²) in [5, 5.41) is 15.5. The van der Waals surface area contributed by atoms with Crippen molar-refractivity contribution in [3.8, 4) is 11.3 Å². The molecule has 0 aliphatic rings. The number of H-pyrrole nitrogens is 1. The average molecular weight is 540 g/mol. The lowest BCUT2D eigenvalue weighted by Gasteiger charge is -2.37. The number of halogens is 1. The number of nitrogens with one attached hydrogen (secondary N) is 1. The number of aromatic amines is 1. The Labute approximate surface area is 233 Å². The Morgan fingerprint density at radius 3 is 1.93 bits per heavy atom. The molecule has 41 heavy (non-hydrogen) atoms. The van der Waals surface area contributed by atoms with E-state index in [1.54, 1.807) is 12.1 Å². The summed E-state index contributed by atoms with van der Waals surface area (Å²) in [5.41, 5.74) is 4.73. The SMILES string of the molecule is O=C(O)c1nc2cc3c(-c4ccnc(F)c4)nn(C(c4ccccc4)(c4ccccc4)c4ccccc4)c3cc2[nH]1. The Kier molecular flexibility index (Phi) is 5.67. The lowest BCUT2D eigenvalue weighted by atomic mass is 9.77. The first-order valence-electron chi connectivity index (χ1n) is 13.0. The van der Waals surface area contributed by atoms with E-state index in [1.807, 2.05) is 65.3 Å². The van der Waals surface area contributed by atoms with Crippen molar-refractivity contribution in [1.82, 2.24) is 24.7 Å². The highest BCUT2D eigenvalue weighted by Gasteiger charge is 2.41. The zero-order chi connectivity index (χ0) is 28.0. The summed E-state index contributed by atoms with van der Waals surface area (Å²) in [6.45, 7) is 0. The third-order valence-corrected chi connectivity index (χ3v) is 7.38. The molecule has 4 aromatic carbocycles. The van der Waals surface area contributed by atoms with Gasteiger partial charge in [0.2, 0.25) is 11.8 Å². The normalized spacial score (nSPS) is 11.7. The van der Waals surface area contributed by atoms with Gasteiger partial charge in [0.25, 0.3) is 0 Å². The number of nitrogens with zero attached hydrogens (tertiary/aromatic N) is 4. The molecule has 0 amide bonds. The monoisotopic (exact) mass is 539 g/mol. The van der Waals surface area contributed by atoms with Gasteiger partial charge in [-0.25, -0.2) is 19.4 Å². The molecule has 0 aliphatic heterocycles. The molecule has 0 radical (unpaired) electrons. The Morgan fingerprint density at radius 2 is 1.39 bits per heavy atom. The van der Waals surface area contributed by atoms with Crippen LogP contribution in [0.15, 0.2) is 121 Å². The first kappa shape index (κ1) is 24.4. The van der Waals surface area contributed by atoms with E-state index in [2.05, 4.69) is 51.4 Å². The zero-order valence-electron chi connectivity index (χ0n) is 21.6. The largest absolute Gasteiger partial charge is 0.475 e. The molecule has 3 aromatic heterocycles. The van der Waals surface area contributed by atoms with Gasteiger partial charge in [0.05, 0.1) is 16.6 Å². The molecule has 0 unspecified atom stereocenters. The Bertz CT molecular complexity index is 1940. The number of benzene rings is 4. The second-order valence-electron chi connectivity index (χ2n) is 9.71. The number of carbonyl (C=O) groups is 1. The number of imidazole rings is 1. The van der Waals surface area contributed by atoms with Gasteiger partial charge in [0, 0.05) is 23.2 Å². The molecule has 0 atom stereocenters. The fraction of sp³-hybridized carbons (Fsp3) is 0.0303. The van der Waals surface area contributed by atoms with Crippen LogP contribution in [0.3, 0.4) is 0 Å². The summed E-state index contributed by atoms with van der Waals surface area (Å²) in [4.78, 5) is 22.7. The molecule has 0 bridgehead atoms. The van der Waals surface area contributed by atoms with Crippen LogP contribution < -0.4 is 0 Å². The average Bonchev–Trinajstić information content (AvgIpc) is 3.60. The number of aromatic carboxylic acids is 1. The molecule has 3 heterocycles. The van der Waals surface area contributed by atoms with Crippen molar-refractivity contribution >= 4 is 27.9 Å². The molecular formula is C33H22FN5O2. The molecule has 0 saturated heterocycles. The number of rotatable bonds is 6. The molecule has 7 aromatic rings. The number of aromatic nitrogens is 5. The molecule has 0 spiro atoms. The summed E-state index contributed by atoms with van der Waals surface area (Å²) >= 11 is 0. The third-order valence-electron chi connectivity index (χ3n) is 7.38. The number of pyridine rings is 1. The van der Waals surface area contributed by atoms with Crippen molar-refractivity contribution in [2.75, 3.05) is 0 Å². The number of hydrogen-bond acceptors (Lipinski definition) is 4. The van der Waals surface area contributed by atoms with Crippen LogP contribution in [-0.4, -0.2) is 35.8 Å². The van der Waals surface area contributed by atoms with E-state index < -0.39 is 17.5 Å². The predicted molar refractivity (Wildman–Crippen MR) is 154 cm³/mol. The summed E-state index contributed by atoms with van der Waals surface area (Å²) < 4.78 is 16.4. The molecule has 7 nitrogen and oxygen atoms in total. The molecule has 0 fully saturated rings. The lowest BCUT2D eigenvalue weighted by Crippen LogP contribution is -2.38. The van der Waals surface area contributed by atoms with Crippen LogP contribution in [0.2, 0.25) is 0 Å². The van der Waals surface area contributed by atoms with Crippen LogP contribution in [0.1, 0.15) is 27.3 Å². The highest BCUT2D eigenvalue weighted by atomic mass is 19.1. The van der Waals surface area contributed by atoms with Gasteiger partial charge in [-0.1, -0.05) is 91.0 Å². The van der Waals surface area contributed by atoms with Crippen LogP contribution >= 0.6 is 0 Å². The van der Waals surface area contributed by atoms with Crippen molar-refractivity contribution in [3.63, 3.8) is 0 Å². The predicted octanol–water partition coefficient (Wildman–Crippen LogP) is 6.65. The molecule has 8 heteroatoms. The smallest absolute Gasteiger partial charge is 0.371 e. The van der Waals surface area contributed by atoms with Crippen LogP contribution in [0.25, 0.3) is 33.2 Å². The van der Waals surface area contributed by atoms with Crippen molar-refractivity contribution in [3.05, 3.63) is 150 Å². The summed E-state index contributed by atoms with van der Waals surface area (Å²) in [6.07, 6.45) is 1.41. The maximum absolute atomic E-state index is 14.4. The summed E-state index contributed by atoms with van der Waals surface area (Å²) in [5.74, 6) is -1.95. The van der Waals surface area contributed by atoms with Gasteiger partial charge < -0.3 is 10.1 Å². The molecule has 0 saturated carbocycles. The molecule has 198 valence electrons. The molecular weight excluding hydrogens is 517 g/mol. The van der Waals surface area contributed by atoms with E-state index in [4.69, 9.17) is 5.10 Å². The van der Waals surface area contributed by atoms with Crippen LogP contribution in [0.5, 0.6) is 0 Å². The molecule has 0 aliphatic carbocycles. The number of hydrogen-bond donors (Lipinski definition) is 2. The van der Waals surface area contributed by atoms with Gasteiger partial charge in [-0.05, 0) is 34.9 Å². The molecule has 7 rings (SSSR count). The molecule has 2 N–H and O–H groups in total.